The van der Waals surface area contributed by atoms with Crippen LogP contribution >= 0.6 is 0 Å². The molecule has 14 heavy (non-hydrogen) atoms. The second-order valence-corrected chi connectivity index (χ2v) is 6.39. The number of nitrogens with two attached hydrogens (primary N) is 1. The lowest BCUT2D eigenvalue weighted by atomic mass is 10.2. The van der Waals surface area contributed by atoms with E-state index < -0.39 is 10.8 Å². The average molecular weight is 211 g/mol. The molecule has 1 aromatic rings. The first-order valence-electron chi connectivity index (χ1n) is 4.66. The summed E-state index contributed by atoms with van der Waals surface area (Å²) in [4.78, 5) is 0.863. The molecule has 0 aromatic heterocycles. The summed E-state index contributed by atoms with van der Waals surface area (Å²) < 4.78 is 11.9. The number of hydrogen-bond donors (Lipinski definition) is 1. The summed E-state index contributed by atoms with van der Waals surface area (Å²) in [6, 6.07) is 7.65. The van der Waals surface area contributed by atoms with Gasteiger partial charge < -0.3 is 5.73 Å². The van der Waals surface area contributed by atoms with E-state index in [0.717, 1.165) is 10.5 Å². The minimum Gasteiger partial charge on any atom is -0.326 e. The summed E-state index contributed by atoms with van der Waals surface area (Å²) >= 11 is 0. The van der Waals surface area contributed by atoms with Crippen LogP contribution in [0.1, 0.15) is 26.3 Å². The van der Waals surface area contributed by atoms with E-state index in [4.69, 9.17) is 5.73 Å². The number of hydrogen-bond acceptors (Lipinski definition) is 2. The van der Waals surface area contributed by atoms with Gasteiger partial charge in [0.2, 0.25) is 0 Å². The first-order chi connectivity index (χ1) is 6.46. The van der Waals surface area contributed by atoms with Crippen molar-refractivity contribution in [3.63, 3.8) is 0 Å². The van der Waals surface area contributed by atoms with Gasteiger partial charge in [0.25, 0.3) is 0 Å². The molecule has 1 aromatic carbocycles. The standard InChI is InChI=1S/C11H17NOS/c1-11(2,3)14(13)10-7-5-4-6-9(10)8-12/h4-7H,8,12H2,1-3H3. The highest BCUT2D eigenvalue weighted by Crippen LogP contribution is 2.22. The molecule has 0 bridgehead atoms. The molecule has 0 aliphatic heterocycles. The zero-order valence-electron chi connectivity index (χ0n) is 8.91. The summed E-state index contributed by atoms with van der Waals surface area (Å²) in [6.07, 6.45) is 0. The van der Waals surface area contributed by atoms with Crippen molar-refractivity contribution in [3.8, 4) is 0 Å². The fourth-order valence-electron chi connectivity index (χ4n) is 1.18. The van der Waals surface area contributed by atoms with Gasteiger partial charge in [0.05, 0.1) is 10.8 Å². The Labute approximate surface area is 88.0 Å². The largest absolute Gasteiger partial charge is 0.326 e. The van der Waals surface area contributed by atoms with Crippen LogP contribution in [-0.4, -0.2) is 8.96 Å². The SMILES string of the molecule is CC(C)(C)S(=O)c1ccccc1CN. The maximum Gasteiger partial charge on any atom is 0.0586 e. The predicted octanol–water partition coefficient (Wildman–Crippen LogP) is 2.05. The van der Waals surface area contributed by atoms with Crippen LogP contribution in [0.5, 0.6) is 0 Å². The molecular formula is C11H17NOS. The van der Waals surface area contributed by atoms with Gasteiger partial charge in [0.15, 0.2) is 0 Å². The smallest absolute Gasteiger partial charge is 0.0586 e. The van der Waals surface area contributed by atoms with Crippen LogP contribution in [-0.2, 0) is 17.3 Å². The highest BCUT2D eigenvalue weighted by Gasteiger charge is 2.22. The van der Waals surface area contributed by atoms with Gasteiger partial charge in [0.1, 0.15) is 0 Å². The van der Waals surface area contributed by atoms with Crippen molar-refractivity contribution >= 4 is 10.8 Å². The highest BCUT2D eigenvalue weighted by atomic mass is 32.2. The van der Waals surface area contributed by atoms with E-state index >= 15 is 0 Å². The van der Waals surface area contributed by atoms with E-state index in [-0.39, 0.29) is 4.75 Å². The molecule has 78 valence electrons. The van der Waals surface area contributed by atoms with Crippen LogP contribution in [0.25, 0.3) is 0 Å². The van der Waals surface area contributed by atoms with Gasteiger partial charge in [0, 0.05) is 16.2 Å². The third kappa shape index (κ3) is 2.42. The van der Waals surface area contributed by atoms with Crippen molar-refractivity contribution in [1.29, 1.82) is 0 Å². The average Bonchev–Trinajstić information content (AvgIpc) is 2.15. The molecule has 0 aliphatic rings. The summed E-state index contributed by atoms with van der Waals surface area (Å²) in [5.74, 6) is 0. The third-order valence-electron chi connectivity index (χ3n) is 1.95. The lowest BCUT2D eigenvalue weighted by Crippen LogP contribution is -2.23. The van der Waals surface area contributed by atoms with Crippen LogP contribution in [0.2, 0.25) is 0 Å². The molecule has 0 saturated heterocycles. The Morgan fingerprint density at radius 1 is 1.29 bits per heavy atom. The predicted molar refractivity (Wildman–Crippen MR) is 60.5 cm³/mol. The van der Waals surface area contributed by atoms with Gasteiger partial charge in [-0.25, -0.2) is 0 Å². The molecule has 1 rings (SSSR count). The van der Waals surface area contributed by atoms with Crippen molar-refractivity contribution < 1.29 is 4.21 Å². The van der Waals surface area contributed by atoms with Gasteiger partial charge in [-0.3, -0.25) is 4.21 Å². The number of rotatable bonds is 2. The second kappa shape index (κ2) is 4.24. The monoisotopic (exact) mass is 211 g/mol. The molecule has 0 saturated carbocycles. The minimum atomic E-state index is -0.992. The van der Waals surface area contributed by atoms with Crippen LogP contribution in [0.15, 0.2) is 29.2 Å². The topological polar surface area (TPSA) is 43.1 Å². The molecule has 0 heterocycles. The first-order valence-corrected chi connectivity index (χ1v) is 5.81. The van der Waals surface area contributed by atoms with Gasteiger partial charge in [-0.2, -0.15) is 0 Å². The molecule has 0 fully saturated rings. The van der Waals surface area contributed by atoms with Gasteiger partial charge in [-0.05, 0) is 32.4 Å². The van der Waals surface area contributed by atoms with E-state index in [1.807, 2.05) is 45.0 Å². The summed E-state index contributed by atoms with van der Waals surface area (Å²) in [5, 5.41) is 0. The van der Waals surface area contributed by atoms with Crippen molar-refractivity contribution in [2.45, 2.75) is 37.0 Å². The van der Waals surface area contributed by atoms with E-state index in [2.05, 4.69) is 0 Å². The second-order valence-electron chi connectivity index (χ2n) is 4.19. The molecule has 0 aliphatic carbocycles. The maximum atomic E-state index is 12.1. The minimum absolute atomic E-state index is 0.231. The van der Waals surface area contributed by atoms with E-state index in [1.165, 1.54) is 0 Å². The Morgan fingerprint density at radius 2 is 1.86 bits per heavy atom. The van der Waals surface area contributed by atoms with Gasteiger partial charge in [-0.1, -0.05) is 18.2 Å². The summed E-state index contributed by atoms with van der Waals surface area (Å²) in [7, 11) is -0.992. The Balaban J connectivity index is 3.13. The van der Waals surface area contributed by atoms with Crippen molar-refractivity contribution in [3.05, 3.63) is 29.8 Å². The van der Waals surface area contributed by atoms with E-state index in [0.29, 0.717) is 6.54 Å². The molecular weight excluding hydrogens is 194 g/mol. The van der Waals surface area contributed by atoms with Crippen LogP contribution in [0.4, 0.5) is 0 Å². The fourth-order valence-corrected chi connectivity index (χ4v) is 2.43. The van der Waals surface area contributed by atoms with E-state index in [9.17, 15) is 4.21 Å². The highest BCUT2D eigenvalue weighted by molar-refractivity contribution is 7.86. The molecule has 0 spiro atoms. The van der Waals surface area contributed by atoms with Gasteiger partial charge in [-0.15, -0.1) is 0 Å². The fraction of sp³-hybridized carbons (Fsp3) is 0.455. The first kappa shape index (κ1) is 11.4. The normalized spacial score (nSPS) is 14.0. The third-order valence-corrected chi connectivity index (χ3v) is 3.86. The molecule has 3 heteroatoms. The van der Waals surface area contributed by atoms with Crippen LogP contribution < -0.4 is 5.73 Å². The Morgan fingerprint density at radius 3 is 2.36 bits per heavy atom. The van der Waals surface area contributed by atoms with Crippen molar-refractivity contribution in [2.24, 2.45) is 5.73 Å². The maximum absolute atomic E-state index is 12.1. The van der Waals surface area contributed by atoms with Crippen LogP contribution in [0, 0.1) is 0 Å². The molecule has 0 amide bonds. The molecule has 1 atom stereocenters. The van der Waals surface area contributed by atoms with Gasteiger partial charge >= 0.3 is 0 Å². The zero-order valence-corrected chi connectivity index (χ0v) is 9.73. The van der Waals surface area contributed by atoms with Crippen molar-refractivity contribution in [1.82, 2.24) is 0 Å². The summed E-state index contributed by atoms with van der Waals surface area (Å²) in [5.41, 5.74) is 6.57. The Hall–Kier alpha value is -0.670. The Bertz CT molecular complexity index is 341. The molecule has 2 N–H and O–H groups in total. The van der Waals surface area contributed by atoms with E-state index in [1.54, 1.807) is 0 Å². The molecule has 1 unspecified atom stereocenters. The summed E-state index contributed by atoms with van der Waals surface area (Å²) in [6.45, 7) is 6.35. The zero-order chi connectivity index (χ0) is 10.8. The van der Waals surface area contributed by atoms with Crippen molar-refractivity contribution in [2.75, 3.05) is 0 Å². The quantitative estimate of drug-likeness (QED) is 0.813. The Kier molecular flexibility index (Phi) is 3.45. The lowest BCUT2D eigenvalue weighted by Gasteiger charge is -2.19. The number of benzene rings is 1. The van der Waals surface area contributed by atoms with Crippen LogP contribution in [0.3, 0.4) is 0 Å². The lowest BCUT2D eigenvalue weighted by molar-refractivity contribution is 0.647. The molecule has 2 nitrogen and oxygen atoms in total. The molecule has 0 radical (unpaired) electrons.